The Kier molecular flexibility index (Phi) is 5.89. The van der Waals surface area contributed by atoms with Gasteiger partial charge in [-0.15, -0.1) is 0 Å². The van der Waals surface area contributed by atoms with Gasteiger partial charge < -0.3 is 5.11 Å². The lowest BCUT2D eigenvalue weighted by molar-refractivity contribution is -0.143. The first-order valence-corrected chi connectivity index (χ1v) is 9.40. The number of benzene rings is 2. The second-order valence-electron chi connectivity index (χ2n) is 6.21. The molecule has 1 aliphatic rings. The average molecular weight is 477 g/mol. The smallest absolute Gasteiger partial charge is 0.416 e. The highest BCUT2D eigenvalue weighted by molar-refractivity contribution is 8.27. The third-order valence-corrected chi connectivity index (χ3v) is 5.38. The molecule has 0 radical (unpaired) electrons. The second-order valence-corrected chi connectivity index (χ2v) is 7.88. The number of alkyl halides is 6. The van der Waals surface area contributed by atoms with Crippen molar-refractivity contribution in [3.05, 3.63) is 69.6 Å². The molecule has 0 saturated carbocycles. The summed E-state index contributed by atoms with van der Waals surface area (Å²) in [7, 11) is 0. The van der Waals surface area contributed by atoms with Crippen LogP contribution in [0, 0.1) is 0 Å². The molecule has 0 aromatic heterocycles. The molecule has 0 spiro atoms. The number of carboxylic acid groups (broad SMARTS) is 1. The lowest BCUT2D eigenvalue weighted by Gasteiger charge is -2.19. The van der Waals surface area contributed by atoms with E-state index in [2.05, 4.69) is 0 Å². The zero-order chi connectivity index (χ0) is 23.1. The second kappa shape index (κ2) is 8.00. The van der Waals surface area contributed by atoms with Crippen LogP contribution in [0.25, 0.3) is 6.08 Å². The van der Waals surface area contributed by atoms with E-state index >= 15 is 0 Å². The topological polar surface area (TPSA) is 57.6 Å². The molecular weight excluding hydrogens is 468 g/mol. The minimum absolute atomic E-state index is 0.00616. The third-order valence-electron chi connectivity index (χ3n) is 4.08. The lowest BCUT2D eigenvalue weighted by atomic mass is 10.1. The van der Waals surface area contributed by atoms with Gasteiger partial charge in [0.05, 0.1) is 27.3 Å². The normalized spacial score (nSPS) is 16.3. The predicted octanol–water partition coefficient (Wildman–Crippen LogP) is 5.83. The molecule has 2 aromatic rings. The number of aromatic carboxylic acids is 1. The molecule has 0 unspecified atom stereocenters. The Morgan fingerprint density at radius 1 is 0.968 bits per heavy atom. The number of thioether (sulfide) groups is 1. The number of anilines is 1. The van der Waals surface area contributed by atoms with Crippen molar-refractivity contribution in [2.75, 3.05) is 4.90 Å². The SMILES string of the molecule is O=C(O)c1ccc(/C=C2/SC(=S)N(c3cc(C(F)(F)F)cc(C(F)(F)F)c3)C2=O)cc1. The van der Waals surface area contributed by atoms with Gasteiger partial charge in [0, 0.05) is 0 Å². The molecule has 1 N–H and O–H groups in total. The van der Waals surface area contributed by atoms with Crippen LogP contribution in [0.5, 0.6) is 0 Å². The number of carboxylic acids is 1. The number of thiocarbonyl (C=S) groups is 1. The zero-order valence-corrected chi connectivity index (χ0v) is 16.5. The molecule has 2 aromatic carbocycles. The fraction of sp³-hybridized carbons (Fsp3) is 0.105. The number of hydrogen-bond donors (Lipinski definition) is 1. The summed E-state index contributed by atoms with van der Waals surface area (Å²) >= 11 is 5.71. The number of hydrogen-bond acceptors (Lipinski definition) is 4. The van der Waals surface area contributed by atoms with E-state index < -0.39 is 41.0 Å². The first-order chi connectivity index (χ1) is 14.3. The maximum absolute atomic E-state index is 13.1. The van der Waals surface area contributed by atoms with Crippen molar-refractivity contribution in [1.29, 1.82) is 0 Å². The maximum Gasteiger partial charge on any atom is 0.416 e. The zero-order valence-electron chi connectivity index (χ0n) is 14.9. The number of carbonyl (C=O) groups is 2. The Morgan fingerprint density at radius 3 is 1.94 bits per heavy atom. The number of nitrogens with zero attached hydrogens (tertiary/aromatic N) is 1. The van der Waals surface area contributed by atoms with Gasteiger partial charge in [-0.1, -0.05) is 36.1 Å². The van der Waals surface area contributed by atoms with Crippen LogP contribution >= 0.6 is 24.0 Å². The molecule has 1 amide bonds. The van der Waals surface area contributed by atoms with Crippen molar-refractivity contribution in [3.63, 3.8) is 0 Å². The minimum atomic E-state index is -5.07. The summed E-state index contributed by atoms with van der Waals surface area (Å²) in [5.74, 6) is -2.06. The molecule has 1 saturated heterocycles. The summed E-state index contributed by atoms with van der Waals surface area (Å²) in [6, 6.07) is 6.13. The van der Waals surface area contributed by atoms with E-state index in [1.807, 2.05) is 0 Å². The van der Waals surface area contributed by atoms with Crippen LogP contribution in [0.3, 0.4) is 0 Å². The quantitative estimate of drug-likeness (QED) is 0.343. The largest absolute Gasteiger partial charge is 0.478 e. The van der Waals surface area contributed by atoms with E-state index in [0.717, 1.165) is 0 Å². The molecule has 3 rings (SSSR count). The van der Waals surface area contributed by atoms with E-state index in [1.54, 1.807) is 0 Å². The van der Waals surface area contributed by atoms with Gasteiger partial charge in [-0.05, 0) is 42.0 Å². The Bertz CT molecular complexity index is 1070. The summed E-state index contributed by atoms with van der Waals surface area (Å²) in [5.41, 5.74) is -3.41. The summed E-state index contributed by atoms with van der Waals surface area (Å²) in [6.07, 6.45) is -8.83. The Balaban J connectivity index is 2.01. The van der Waals surface area contributed by atoms with Crippen LogP contribution in [-0.2, 0) is 17.1 Å². The van der Waals surface area contributed by atoms with Crippen LogP contribution < -0.4 is 4.90 Å². The molecule has 12 heteroatoms. The highest BCUT2D eigenvalue weighted by Gasteiger charge is 2.40. The summed E-state index contributed by atoms with van der Waals surface area (Å²) in [4.78, 5) is 24.2. The van der Waals surface area contributed by atoms with Crippen LogP contribution in [0.2, 0.25) is 0 Å². The molecule has 1 aliphatic heterocycles. The van der Waals surface area contributed by atoms with Crippen molar-refractivity contribution in [2.45, 2.75) is 12.4 Å². The average Bonchev–Trinajstić information content (AvgIpc) is 2.93. The number of rotatable bonds is 3. The highest BCUT2D eigenvalue weighted by atomic mass is 32.2. The Labute approximate surface area is 180 Å². The van der Waals surface area contributed by atoms with Crippen molar-refractivity contribution in [1.82, 2.24) is 0 Å². The van der Waals surface area contributed by atoms with Crippen LogP contribution in [0.15, 0.2) is 47.4 Å². The third kappa shape index (κ3) is 4.90. The maximum atomic E-state index is 13.1. The first kappa shape index (κ1) is 22.8. The number of amides is 1. The number of carbonyl (C=O) groups excluding carboxylic acids is 1. The van der Waals surface area contributed by atoms with Gasteiger partial charge in [0.1, 0.15) is 0 Å². The Hall–Kier alpha value is -2.86. The van der Waals surface area contributed by atoms with Crippen molar-refractivity contribution >= 4 is 51.9 Å². The molecule has 1 fully saturated rings. The monoisotopic (exact) mass is 477 g/mol. The molecule has 1 heterocycles. The fourth-order valence-electron chi connectivity index (χ4n) is 2.63. The van der Waals surface area contributed by atoms with E-state index in [4.69, 9.17) is 17.3 Å². The summed E-state index contributed by atoms with van der Waals surface area (Å²) in [6.45, 7) is 0. The van der Waals surface area contributed by atoms with Crippen LogP contribution in [0.1, 0.15) is 27.0 Å². The van der Waals surface area contributed by atoms with E-state index in [0.29, 0.717) is 34.4 Å². The van der Waals surface area contributed by atoms with Crippen LogP contribution in [-0.4, -0.2) is 21.3 Å². The molecule has 4 nitrogen and oxygen atoms in total. The molecule has 0 atom stereocenters. The predicted molar refractivity (Wildman–Crippen MR) is 105 cm³/mol. The van der Waals surface area contributed by atoms with Crippen molar-refractivity contribution < 1.29 is 41.0 Å². The lowest BCUT2D eigenvalue weighted by Crippen LogP contribution is -2.28. The molecule has 162 valence electrons. The van der Waals surface area contributed by atoms with Crippen LogP contribution in [0.4, 0.5) is 32.0 Å². The van der Waals surface area contributed by atoms with E-state index in [-0.39, 0.29) is 20.9 Å². The summed E-state index contributed by atoms with van der Waals surface area (Å²) in [5, 5.41) is 8.90. The van der Waals surface area contributed by atoms with Crippen molar-refractivity contribution in [2.24, 2.45) is 0 Å². The Morgan fingerprint density at radius 2 is 1.48 bits per heavy atom. The first-order valence-electron chi connectivity index (χ1n) is 8.18. The molecular formula is C19H9F6NO3S2. The van der Waals surface area contributed by atoms with Gasteiger partial charge in [-0.2, -0.15) is 26.3 Å². The van der Waals surface area contributed by atoms with Gasteiger partial charge in [0.2, 0.25) is 0 Å². The van der Waals surface area contributed by atoms with Gasteiger partial charge in [0.15, 0.2) is 4.32 Å². The van der Waals surface area contributed by atoms with E-state index in [1.165, 1.54) is 30.3 Å². The van der Waals surface area contributed by atoms with Gasteiger partial charge >= 0.3 is 18.3 Å². The molecule has 0 aliphatic carbocycles. The molecule has 0 bridgehead atoms. The number of halogens is 6. The molecule has 31 heavy (non-hydrogen) atoms. The van der Waals surface area contributed by atoms with E-state index in [9.17, 15) is 35.9 Å². The standard InChI is InChI=1S/C19H9F6NO3S2/c20-18(21,22)11-6-12(19(23,24)25)8-13(7-11)26-15(27)14(31-17(26)30)5-9-1-3-10(4-2-9)16(28)29/h1-8H,(H,28,29)/b14-5+. The van der Waals surface area contributed by atoms with Gasteiger partial charge in [0.25, 0.3) is 5.91 Å². The minimum Gasteiger partial charge on any atom is -0.478 e. The van der Waals surface area contributed by atoms with Gasteiger partial charge in [-0.3, -0.25) is 9.69 Å². The highest BCUT2D eigenvalue weighted by Crippen LogP contribution is 2.42. The fourth-order valence-corrected chi connectivity index (χ4v) is 3.93. The van der Waals surface area contributed by atoms with Crippen molar-refractivity contribution in [3.8, 4) is 0 Å². The summed E-state index contributed by atoms with van der Waals surface area (Å²) < 4.78 is 78.4. The van der Waals surface area contributed by atoms with Gasteiger partial charge in [-0.25, -0.2) is 4.79 Å².